The van der Waals surface area contributed by atoms with Gasteiger partial charge in [-0.2, -0.15) is 0 Å². The highest BCUT2D eigenvalue weighted by Gasteiger charge is 2.21. The molecule has 1 fully saturated rings. The van der Waals surface area contributed by atoms with Crippen molar-refractivity contribution in [2.75, 3.05) is 42.9 Å². The molecule has 138 valence electrons. The Balaban J connectivity index is 1.30. The molecular weight excluding hydrogens is 364 g/mol. The SMILES string of the molecule is O=C(CNc1ccc2nccnc2n1)N1CCN(c2ccc(Cl)cc2)CC1. The summed E-state index contributed by atoms with van der Waals surface area (Å²) in [7, 11) is 0. The summed E-state index contributed by atoms with van der Waals surface area (Å²) < 4.78 is 0. The standard InChI is InChI=1S/C19H19ClN6O/c20-14-1-3-15(4-2-14)25-9-11-26(12-10-25)18(27)13-23-17-6-5-16-19(24-17)22-8-7-21-16/h1-8H,9-13H2,(H,22,23,24). The molecule has 0 radical (unpaired) electrons. The number of anilines is 2. The zero-order valence-electron chi connectivity index (χ0n) is 14.7. The van der Waals surface area contributed by atoms with Gasteiger partial charge in [0.25, 0.3) is 0 Å². The number of fused-ring (bicyclic) bond motifs is 1. The van der Waals surface area contributed by atoms with Crippen LogP contribution in [0.4, 0.5) is 11.5 Å². The van der Waals surface area contributed by atoms with Crippen molar-refractivity contribution in [2.45, 2.75) is 0 Å². The number of carbonyl (C=O) groups excluding carboxylic acids is 1. The van der Waals surface area contributed by atoms with Gasteiger partial charge in [0.1, 0.15) is 11.3 Å². The van der Waals surface area contributed by atoms with Crippen LogP contribution < -0.4 is 10.2 Å². The minimum atomic E-state index is 0.0619. The Kier molecular flexibility index (Phi) is 5.02. The van der Waals surface area contributed by atoms with E-state index < -0.39 is 0 Å². The zero-order chi connectivity index (χ0) is 18.6. The van der Waals surface area contributed by atoms with Crippen LogP contribution in [0.2, 0.25) is 5.02 Å². The maximum Gasteiger partial charge on any atom is 0.242 e. The number of halogens is 1. The van der Waals surface area contributed by atoms with Crippen molar-refractivity contribution >= 4 is 40.2 Å². The molecule has 1 aliphatic heterocycles. The number of hydrogen-bond acceptors (Lipinski definition) is 6. The van der Waals surface area contributed by atoms with E-state index in [1.807, 2.05) is 41.3 Å². The molecular formula is C19H19ClN6O. The summed E-state index contributed by atoms with van der Waals surface area (Å²) in [6, 6.07) is 11.4. The van der Waals surface area contributed by atoms with Crippen molar-refractivity contribution in [3.63, 3.8) is 0 Å². The second kappa shape index (κ2) is 7.75. The third kappa shape index (κ3) is 4.09. The van der Waals surface area contributed by atoms with Gasteiger partial charge < -0.3 is 15.1 Å². The minimum absolute atomic E-state index is 0.0619. The van der Waals surface area contributed by atoms with Crippen molar-refractivity contribution < 1.29 is 4.79 Å². The van der Waals surface area contributed by atoms with Crippen LogP contribution in [0.3, 0.4) is 0 Å². The molecule has 0 atom stereocenters. The first kappa shape index (κ1) is 17.5. The Morgan fingerprint density at radius 2 is 1.74 bits per heavy atom. The van der Waals surface area contributed by atoms with Crippen LogP contribution in [-0.4, -0.2) is 58.5 Å². The second-order valence-electron chi connectivity index (χ2n) is 6.29. The molecule has 1 aliphatic rings. The number of rotatable bonds is 4. The Morgan fingerprint density at radius 1 is 1.00 bits per heavy atom. The summed E-state index contributed by atoms with van der Waals surface area (Å²) in [6.07, 6.45) is 3.23. The molecule has 3 aromatic rings. The van der Waals surface area contributed by atoms with Gasteiger partial charge >= 0.3 is 0 Å². The molecule has 1 amide bonds. The fourth-order valence-corrected chi connectivity index (χ4v) is 3.22. The molecule has 8 heteroatoms. The lowest BCUT2D eigenvalue weighted by molar-refractivity contribution is -0.129. The number of nitrogens with one attached hydrogen (secondary N) is 1. The molecule has 1 N–H and O–H groups in total. The van der Waals surface area contributed by atoms with Crippen molar-refractivity contribution in [3.05, 3.63) is 53.8 Å². The van der Waals surface area contributed by atoms with E-state index in [-0.39, 0.29) is 12.5 Å². The second-order valence-corrected chi connectivity index (χ2v) is 6.73. The Labute approximate surface area is 162 Å². The molecule has 2 aromatic heterocycles. The Morgan fingerprint density at radius 3 is 2.52 bits per heavy atom. The maximum atomic E-state index is 12.5. The van der Waals surface area contributed by atoms with E-state index in [0.29, 0.717) is 24.6 Å². The van der Waals surface area contributed by atoms with Gasteiger partial charge in [-0.25, -0.2) is 9.97 Å². The first-order valence-corrected chi connectivity index (χ1v) is 9.17. The molecule has 0 unspecified atom stereocenters. The summed E-state index contributed by atoms with van der Waals surface area (Å²) in [5.74, 6) is 0.683. The lowest BCUT2D eigenvalue weighted by Crippen LogP contribution is -2.50. The summed E-state index contributed by atoms with van der Waals surface area (Å²) in [6.45, 7) is 3.20. The molecule has 7 nitrogen and oxygen atoms in total. The van der Waals surface area contributed by atoms with Gasteiger partial charge in [0.05, 0.1) is 6.54 Å². The summed E-state index contributed by atoms with van der Waals surface area (Å²) in [4.78, 5) is 29.4. The maximum absolute atomic E-state index is 12.5. The molecule has 27 heavy (non-hydrogen) atoms. The molecule has 1 aromatic carbocycles. The fraction of sp³-hybridized carbons (Fsp3) is 0.263. The quantitative estimate of drug-likeness (QED) is 0.747. The Hall–Kier alpha value is -2.93. The van der Waals surface area contributed by atoms with Crippen molar-refractivity contribution in [1.29, 1.82) is 0 Å². The summed E-state index contributed by atoms with van der Waals surface area (Å²) in [5, 5.41) is 3.81. The van der Waals surface area contributed by atoms with Gasteiger partial charge in [0.15, 0.2) is 5.65 Å². The smallest absolute Gasteiger partial charge is 0.242 e. The van der Waals surface area contributed by atoms with Crippen LogP contribution in [0.5, 0.6) is 0 Å². The molecule has 0 aliphatic carbocycles. The number of pyridine rings is 1. The number of benzene rings is 1. The van der Waals surface area contributed by atoms with Crippen LogP contribution in [0.1, 0.15) is 0 Å². The first-order valence-electron chi connectivity index (χ1n) is 8.79. The van der Waals surface area contributed by atoms with Gasteiger partial charge in [0.2, 0.25) is 5.91 Å². The molecule has 0 bridgehead atoms. The van der Waals surface area contributed by atoms with E-state index in [9.17, 15) is 4.79 Å². The number of nitrogens with zero attached hydrogens (tertiary/aromatic N) is 5. The highest BCUT2D eigenvalue weighted by Crippen LogP contribution is 2.19. The lowest BCUT2D eigenvalue weighted by atomic mass is 10.2. The molecule has 0 saturated carbocycles. The van der Waals surface area contributed by atoms with E-state index in [1.54, 1.807) is 12.4 Å². The van der Waals surface area contributed by atoms with Crippen LogP contribution >= 0.6 is 11.6 Å². The zero-order valence-corrected chi connectivity index (χ0v) is 15.4. The van der Waals surface area contributed by atoms with E-state index in [2.05, 4.69) is 25.2 Å². The van der Waals surface area contributed by atoms with Crippen LogP contribution in [0, 0.1) is 0 Å². The minimum Gasteiger partial charge on any atom is -0.368 e. The average Bonchev–Trinajstić information content (AvgIpc) is 2.72. The predicted molar refractivity (Wildman–Crippen MR) is 106 cm³/mol. The number of amides is 1. The summed E-state index contributed by atoms with van der Waals surface area (Å²) >= 11 is 5.94. The van der Waals surface area contributed by atoms with E-state index in [0.717, 1.165) is 29.3 Å². The number of carbonyl (C=O) groups is 1. The fourth-order valence-electron chi connectivity index (χ4n) is 3.10. The largest absolute Gasteiger partial charge is 0.368 e. The molecule has 3 heterocycles. The summed E-state index contributed by atoms with van der Waals surface area (Å²) in [5.41, 5.74) is 2.42. The van der Waals surface area contributed by atoms with Crippen LogP contribution in [0.15, 0.2) is 48.8 Å². The average molecular weight is 383 g/mol. The van der Waals surface area contributed by atoms with Crippen molar-refractivity contribution in [3.8, 4) is 0 Å². The number of piperazine rings is 1. The van der Waals surface area contributed by atoms with E-state index in [4.69, 9.17) is 11.6 Å². The highest BCUT2D eigenvalue weighted by atomic mass is 35.5. The predicted octanol–water partition coefficient (Wildman–Crippen LogP) is 2.44. The van der Waals surface area contributed by atoms with Gasteiger partial charge in [-0.15, -0.1) is 0 Å². The van der Waals surface area contributed by atoms with Crippen molar-refractivity contribution in [2.24, 2.45) is 0 Å². The van der Waals surface area contributed by atoms with Crippen molar-refractivity contribution in [1.82, 2.24) is 19.9 Å². The topological polar surface area (TPSA) is 74.2 Å². The highest BCUT2D eigenvalue weighted by molar-refractivity contribution is 6.30. The first-order chi connectivity index (χ1) is 13.2. The van der Waals surface area contributed by atoms with Crippen LogP contribution in [0.25, 0.3) is 11.2 Å². The monoisotopic (exact) mass is 382 g/mol. The third-order valence-electron chi connectivity index (χ3n) is 4.58. The van der Waals surface area contributed by atoms with Gasteiger partial charge in [0, 0.05) is 49.3 Å². The molecule has 1 saturated heterocycles. The van der Waals surface area contributed by atoms with Gasteiger partial charge in [-0.05, 0) is 36.4 Å². The van der Waals surface area contributed by atoms with Gasteiger partial charge in [-0.3, -0.25) is 9.78 Å². The molecule has 4 rings (SSSR count). The third-order valence-corrected chi connectivity index (χ3v) is 4.83. The number of aromatic nitrogens is 3. The number of hydrogen-bond donors (Lipinski definition) is 1. The van der Waals surface area contributed by atoms with Crippen LogP contribution in [-0.2, 0) is 4.79 Å². The van der Waals surface area contributed by atoms with E-state index in [1.165, 1.54) is 0 Å². The molecule has 0 spiro atoms. The van der Waals surface area contributed by atoms with Gasteiger partial charge in [-0.1, -0.05) is 11.6 Å². The Bertz CT molecular complexity index is 940. The lowest BCUT2D eigenvalue weighted by Gasteiger charge is -2.36. The normalized spacial score (nSPS) is 14.4. The van der Waals surface area contributed by atoms with E-state index >= 15 is 0 Å².